The molecular weight excluding hydrogens is 390 g/mol. The quantitative estimate of drug-likeness (QED) is 0.745. The molecule has 2 aromatic carbocycles. The van der Waals surface area contributed by atoms with E-state index in [-0.39, 0.29) is 17.3 Å². The lowest BCUT2D eigenvalue weighted by molar-refractivity contribution is -0.117. The molecule has 8 heteroatoms. The maximum atomic E-state index is 12.4. The Bertz CT molecular complexity index is 954. The molecule has 0 aromatic heterocycles. The van der Waals surface area contributed by atoms with Crippen molar-refractivity contribution in [2.45, 2.75) is 11.8 Å². The predicted octanol–water partition coefficient (Wildman–Crippen LogP) is 2.25. The molecule has 1 saturated heterocycles. The van der Waals surface area contributed by atoms with E-state index in [0.29, 0.717) is 12.3 Å². The van der Waals surface area contributed by atoms with Crippen LogP contribution in [0.5, 0.6) is 5.75 Å². The van der Waals surface area contributed by atoms with Gasteiger partial charge in [0.2, 0.25) is 5.91 Å². The third kappa shape index (κ3) is 5.71. The van der Waals surface area contributed by atoms with Crippen molar-refractivity contribution in [3.05, 3.63) is 48.5 Å². The molecule has 156 valence electrons. The van der Waals surface area contributed by atoms with Gasteiger partial charge in [-0.25, -0.2) is 8.42 Å². The first kappa shape index (κ1) is 21.1. The van der Waals surface area contributed by atoms with E-state index in [0.717, 1.165) is 43.9 Å². The molecule has 1 aliphatic heterocycles. The van der Waals surface area contributed by atoms with Crippen LogP contribution in [-0.4, -0.2) is 64.8 Å². The molecular formula is C21H27N3O4S. The van der Waals surface area contributed by atoms with Crippen molar-refractivity contribution in [3.63, 3.8) is 0 Å². The minimum absolute atomic E-state index is 0.154. The number of anilines is 2. The highest BCUT2D eigenvalue weighted by Gasteiger charge is 2.21. The Balaban J connectivity index is 1.54. The molecule has 1 N–H and O–H groups in total. The van der Waals surface area contributed by atoms with E-state index in [4.69, 9.17) is 4.74 Å². The van der Waals surface area contributed by atoms with Crippen molar-refractivity contribution in [2.75, 3.05) is 55.8 Å². The summed E-state index contributed by atoms with van der Waals surface area (Å²) in [5.41, 5.74) is 1.57. The summed E-state index contributed by atoms with van der Waals surface area (Å²) in [6, 6.07) is 14.3. The van der Waals surface area contributed by atoms with Crippen molar-refractivity contribution in [3.8, 4) is 5.75 Å². The van der Waals surface area contributed by atoms with Crippen LogP contribution < -0.4 is 15.0 Å². The number of para-hydroxylation sites is 2. The molecule has 1 aliphatic rings. The molecule has 0 unspecified atom stereocenters. The summed E-state index contributed by atoms with van der Waals surface area (Å²) in [5.74, 6) is 0.728. The van der Waals surface area contributed by atoms with Gasteiger partial charge in [0.15, 0.2) is 9.84 Å². The Hall–Kier alpha value is -2.58. The maximum absolute atomic E-state index is 12.4. The van der Waals surface area contributed by atoms with Crippen LogP contribution in [0.25, 0.3) is 0 Å². The molecule has 1 heterocycles. The van der Waals surface area contributed by atoms with E-state index >= 15 is 0 Å². The number of carbonyl (C=O) groups is 1. The molecule has 0 atom stereocenters. The number of hydrogen-bond acceptors (Lipinski definition) is 6. The van der Waals surface area contributed by atoms with Crippen LogP contribution in [-0.2, 0) is 14.6 Å². The van der Waals surface area contributed by atoms with Gasteiger partial charge in [-0.15, -0.1) is 0 Å². The monoisotopic (exact) mass is 417 g/mol. The van der Waals surface area contributed by atoms with E-state index in [2.05, 4.69) is 21.2 Å². The number of carbonyl (C=O) groups excluding carboxylic acids is 1. The average molecular weight is 418 g/mol. The number of sulfone groups is 1. The predicted molar refractivity (Wildman–Crippen MR) is 114 cm³/mol. The Labute approximate surface area is 172 Å². The fourth-order valence-electron chi connectivity index (χ4n) is 3.35. The lowest BCUT2D eigenvalue weighted by atomic mass is 10.2. The summed E-state index contributed by atoms with van der Waals surface area (Å²) >= 11 is 0. The summed E-state index contributed by atoms with van der Waals surface area (Å²) in [6.07, 6.45) is 1.15. The average Bonchev–Trinajstić information content (AvgIpc) is 2.69. The van der Waals surface area contributed by atoms with E-state index in [1.54, 1.807) is 12.1 Å². The van der Waals surface area contributed by atoms with Crippen molar-refractivity contribution < 1.29 is 17.9 Å². The lowest BCUT2D eigenvalue weighted by Gasteiger charge is -2.36. The number of amides is 1. The second-order valence-electron chi connectivity index (χ2n) is 7.01. The first-order valence-corrected chi connectivity index (χ1v) is 11.5. The zero-order chi connectivity index (χ0) is 20.9. The summed E-state index contributed by atoms with van der Waals surface area (Å²) in [5, 5.41) is 2.79. The van der Waals surface area contributed by atoms with Gasteiger partial charge in [0, 0.05) is 38.1 Å². The third-order valence-electron chi connectivity index (χ3n) is 4.79. The zero-order valence-electron chi connectivity index (χ0n) is 16.8. The van der Waals surface area contributed by atoms with E-state index in [1.807, 2.05) is 25.1 Å². The first-order chi connectivity index (χ1) is 13.9. The topological polar surface area (TPSA) is 79.0 Å². The zero-order valence-corrected chi connectivity index (χ0v) is 17.6. The Morgan fingerprint density at radius 1 is 1.07 bits per heavy atom. The molecule has 0 aliphatic carbocycles. The number of ether oxygens (including phenoxy) is 1. The molecule has 1 amide bonds. The van der Waals surface area contributed by atoms with Crippen LogP contribution in [0.4, 0.5) is 11.4 Å². The first-order valence-electron chi connectivity index (χ1n) is 9.66. The molecule has 0 saturated carbocycles. The van der Waals surface area contributed by atoms with Gasteiger partial charge in [0.25, 0.3) is 0 Å². The smallest absolute Gasteiger partial charge is 0.238 e. The van der Waals surface area contributed by atoms with Crippen LogP contribution in [0.3, 0.4) is 0 Å². The molecule has 0 radical (unpaired) electrons. The number of benzene rings is 2. The Morgan fingerprint density at radius 3 is 2.48 bits per heavy atom. The van der Waals surface area contributed by atoms with Gasteiger partial charge in [-0.2, -0.15) is 0 Å². The van der Waals surface area contributed by atoms with Crippen LogP contribution in [0, 0.1) is 0 Å². The highest BCUT2D eigenvalue weighted by atomic mass is 32.2. The minimum Gasteiger partial charge on any atom is -0.492 e. The van der Waals surface area contributed by atoms with Gasteiger partial charge in [0.1, 0.15) is 5.75 Å². The van der Waals surface area contributed by atoms with E-state index in [9.17, 15) is 13.2 Å². The highest BCUT2D eigenvalue weighted by Crippen LogP contribution is 2.28. The summed E-state index contributed by atoms with van der Waals surface area (Å²) < 4.78 is 29.1. The molecule has 0 spiro atoms. The van der Waals surface area contributed by atoms with Crippen molar-refractivity contribution in [1.82, 2.24) is 4.90 Å². The highest BCUT2D eigenvalue weighted by molar-refractivity contribution is 7.90. The van der Waals surface area contributed by atoms with Crippen molar-refractivity contribution in [1.29, 1.82) is 0 Å². The third-order valence-corrected chi connectivity index (χ3v) is 5.90. The van der Waals surface area contributed by atoms with Crippen LogP contribution >= 0.6 is 0 Å². The number of hydrogen-bond donors (Lipinski definition) is 1. The summed E-state index contributed by atoms with van der Waals surface area (Å²) in [7, 11) is -3.31. The van der Waals surface area contributed by atoms with Gasteiger partial charge < -0.3 is 15.0 Å². The van der Waals surface area contributed by atoms with Gasteiger partial charge >= 0.3 is 0 Å². The van der Waals surface area contributed by atoms with Gasteiger partial charge in [-0.3, -0.25) is 9.69 Å². The molecule has 7 nitrogen and oxygen atoms in total. The normalized spacial score (nSPS) is 15.2. The summed E-state index contributed by atoms with van der Waals surface area (Å²) in [6.45, 7) is 6.00. The lowest BCUT2D eigenvalue weighted by Crippen LogP contribution is -2.48. The largest absolute Gasteiger partial charge is 0.492 e. The van der Waals surface area contributed by atoms with E-state index < -0.39 is 9.84 Å². The standard InChI is InChI=1S/C21H27N3O4S/c1-3-28-20-10-5-4-9-19(20)24-13-11-23(12-14-24)16-21(25)22-17-7-6-8-18(15-17)29(2,26)27/h4-10,15H,3,11-14,16H2,1-2H3,(H,22,25). The molecule has 3 rings (SSSR count). The fraction of sp³-hybridized carbons (Fsp3) is 0.381. The number of piperazine rings is 1. The second-order valence-corrected chi connectivity index (χ2v) is 9.03. The molecule has 2 aromatic rings. The van der Waals surface area contributed by atoms with Gasteiger partial charge in [-0.05, 0) is 37.3 Å². The van der Waals surface area contributed by atoms with E-state index in [1.165, 1.54) is 12.1 Å². The van der Waals surface area contributed by atoms with Gasteiger partial charge in [-0.1, -0.05) is 18.2 Å². The summed E-state index contributed by atoms with van der Waals surface area (Å²) in [4.78, 5) is 17.0. The SMILES string of the molecule is CCOc1ccccc1N1CCN(CC(=O)Nc2cccc(S(C)(=O)=O)c2)CC1. The number of rotatable bonds is 7. The Morgan fingerprint density at radius 2 is 1.79 bits per heavy atom. The molecule has 29 heavy (non-hydrogen) atoms. The molecule has 0 bridgehead atoms. The number of nitrogens with zero attached hydrogens (tertiary/aromatic N) is 2. The van der Waals surface area contributed by atoms with Gasteiger partial charge in [0.05, 0.1) is 23.7 Å². The molecule has 1 fully saturated rings. The fourth-order valence-corrected chi connectivity index (χ4v) is 4.02. The van der Waals surface area contributed by atoms with Crippen LogP contribution in [0.1, 0.15) is 6.92 Å². The second kappa shape index (κ2) is 9.28. The van der Waals surface area contributed by atoms with Crippen LogP contribution in [0.2, 0.25) is 0 Å². The van der Waals surface area contributed by atoms with Crippen molar-refractivity contribution in [2.24, 2.45) is 0 Å². The maximum Gasteiger partial charge on any atom is 0.238 e. The Kier molecular flexibility index (Phi) is 6.76. The van der Waals surface area contributed by atoms with Crippen LogP contribution in [0.15, 0.2) is 53.4 Å². The number of nitrogens with one attached hydrogen (secondary N) is 1. The minimum atomic E-state index is -3.31. The van der Waals surface area contributed by atoms with Crippen molar-refractivity contribution >= 4 is 27.1 Å².